The van der Waals surface area contributed by atoms with E-state index in [1.165, 1.54) is 12.1 Å². The summed E-state index contributed by atoms with van der Waals surface area (Å²) < 4.78 is 27.6. The molecule has 0 aliphatic heterocycles. The number of pyridine rings is 2. The van der Waals surface area contributed by atoms with Crippen molar-refractivity contribution >= 4 is 50.8 Å². The Bertz CT molecular complexity index is 1190. The molecule has 27 heavy (non-hydrogen) atoms. The molecule has 0 saturated carbocycles. The quantitative estimate of drug-likeness (QED) is 0.475. The van der Waals surface area contributed by atoms with E-state index in [9.17, 15) is 8.42 Å². The van der Waals surface area contributed by atoms with E-state index in [2.05, 4.69) is 19.7 Å². The molecule has 0 spiro atoms. The van der Waals surface area contributed by atoms with Crippen LogP contribution in [0.15, 0.2) is 72.0 Å². The molecule has 3 aromatic heterocycles. The van der Waals surface area contributed by atoms with Crippen LogP contribution in [0.2, 0.25) is 5.15 Å². The van der Waals surface area contributed by atoms with Gasteiger partial charge >= 0.3 is 0 Å². The van der Waals surface area contributed by atoms with Gasteiger partial charge in [-0.15, -0.1) is 12.4 Å². The standard InChI is InChI=1S/C18H13ClN4O2S.ClH/c19-17-16(23-26(24,25)15-4-2-1-3-5-15)9-14(10-21-17)13-8-12-6-7-20-18(12)22-11-13;/h1-11,23H,(H,20,22);1H. The van der Waals surface area contributed by atoms with Crippen LogP contribution in [0.3, 0.4) is 0 Å². The van der Waals surface area contributed by atoms with Gasteiger partial charge in [0.25, 0.3) is 10.0 Å². The lowest BCUT2D eigenvalue weighted by atomic mass is 10.1. The van der Waals surface area contributed by atoms with Crippen molar-refractivity contribution in [3.8, 4) is 11.1 Å². The van der Waals surface area contributed by atoms with Gasteiger partial charge in [0.2, 0.25) is 0 Å². The van der Waals surface area contributed by atoms with Crippen LogP contribution in [0.4, 0.5) is 5.69 Å². The van der Waals surface area contributed by atoms with Crippen molar-refractivity contribution in [2.45, 2.75) is 4.90 Å². The normalized spacial score (nSPS) is 11.1. The predicted molar refractivity (Wildman–Crippen MR) is 109 cm³/mol. The van der Waals surface area contributed by atoms with Gasteiger partial charge in [-0.25, -0.2) is 18.4 Å². The average Bonchev–Trinajstić information content (AvgIpc) is 3.12. The van der Waals surface area contributed by atoms with E-state index in [4.69, 9.17) is 11.6 Å². The van der Waals surface area contributed by atoms with Crippen LogP contribution < -0.4 is 4.72 Å². The molecule has 138 valence electrons. The first kappa shape index (κ1) is 19.2. The van der Waals surface area contributed by atoms with Crippen molar-refractivity contribution < 1.29 is 8.42 Å². The van der Waals surface area contributed by atoms with E-state index in [0.717, 1.165) is 16.6 Å². The van der Waals surface area contributed by atoms with Gasteiger partial charge in [-0.05, 0) is 30.3 Å². The largest absolute Gasteiger partial charge is 0.346 e. The molecular weight excluding hydrogens is 407 g/mol. The van der Waals surface area contributed by atoms with Crippen LogP contribution in [0.5, 0.6) is 0 Å². The number of aromatic nitrogens is 3. The molecule has 0 atom stereocenters. The van der Waals surface area contributed by atoms with E-state index in [1.807, 2.05) is 12.1 Å². The van der Waals surface area contributed by atoms with Gasteiger partial charge in [0, 0.05) is 35.1 Å². The number of sulfonamides is 1. The summed E-state index contributed by atoms with van der Waals surface area (Å²) >= 11 is 6.10. The first-order chi connectivity index (χ1) is 12.5. The number of H-pyrrole nitrogens is 1. The van der Waals surface area contributed by atoms with Crippen molar-refractivity contribution in [2.24, 2.45) is 0 Å². The molecule has 1 aromatic carbocycles. The molecule has 0 saturated heterocycles. The molecule has 0 bridgehead atoms. The van der Waals surface area contributed by atoms with Crippen LogP contribution >= 0.6 is 24.0 Å². The Labute approximate surface area is 167 Å². The summed E-state index contributed by atoms with van der Waals surface area (Å²) in [5.41, 5.74) is 2.50. The number of rotatable bonds is 4. The van der Waals surface area contributed by atoms with Gasteiger partial charge < -0.3 is 4.98 Å². The highest BCUT2D eigenvalue weighted by Gasteiger charge is 2.16. The summed E-state index contributed by atoms with van der Waals surface area (Å²) in [6.07, 6.45) is 5.08. The lowest BCUT2D eigenvalue weighted by Crippen LogP contribution is -2.13. The topological polar surface area (TPSA) is 87.7 Å². The van der Waals surface area contributed by atoms with E-state index < -0.39 is 10.0 Å². The van der Waals surface area contributed by atoms with Crippen LogP contribution in [0.1, 0.15) is 0 Å². The molecule has 0 radical (unpaired) electrons. The third kappa shape index (κ3) is 3.90. The minimum Gasteiger partial charge on any atom is -0.346 e. The molecule has 0 unspecified atom stereocenters. The highest BCUT2D eigenvalue weighted by atomic mass is 35.5. The zero-order valence-electron chi connectivity index (χ0n) is 13.8. The van der Waals surface area contributed by atoms with Gasteiger partial charge in [0.15, 0.2) is 5.15 Å². The molecule has 4 aromatic rings. The average molecular weight is 421 g/mol. The van der Waals surface area contributed by atoms with Crippen LogP contribution in [0, 0.1) is 0 Å². The molecular formula is C18H14Cl2N4O2S. The maximum atomic E-state index is 12.5. The number of halogens is 2. The van der Waals surface area contributed by atoms with Crippen LogP contribution in [0.25, 0.3) is 22.2 Å². The minimum absolute atomic E-state index is 0. The first-order valence-corrected chi connectivity index (χ1v) is 9.56. The fourth-order valence-electron chi connectivity index (χ4n) is 2.58. The minimum atomic E-state index is -3.76. The number of aromatic amines is 1. The highest BCUT2D eigenvalue weighted by Crippen LogP contribution is 2.29. The van der Waals surface area contributed by atoms with Crippen molar-refractivity contribution in [1.29, 1.82) is 0 Å². The Balaban J connectivity index is 0.00000210. The fourth-order valence-corrected chi connectivity index (χ4v) is 3.86. The third-order valence-corrected chi connectivity index (χ3v) is 5.55. The molecule has 0 fully saturated rings. The number of fused-ring (bicyclic) bond motifs is 1. The number of nitrogens with zero attached hydrogens (tertiary/aromatic N) is 2. The third-order valence-electron chi connectivity index (χ3n) is 3.87. The fraction of sp³-hybridized carbons (Fsp3) is 0. The SMILES string of the molecule is Cl.O=S(=O)(Nc1cc(-c2cnc3[nH]ccc3c2)cnc1Cl)c1ccccc1. The van der Waals surface area contributed by atoms with Crippen molar-refractivity contribution in [3.05, 3.63) is 72.3 Å². The highest BCUT2D eigenvalue weighted by molar-refractivity contribution is 7.92. The molecule has 0 aliphatic rings. The predicted octanol–water partition coefficient (Wildman–Crippen LogP) is 4.50. The summed E-state index contributed by atoms with van der Waals surface area (Å²) in [5, 5.41) is 1.02. The van der Waals surface area contributed by atoms with E-state index in [-0.39, 0.29) is 28.1 Å². The first-order valence-electron chi connectivity index (χ1n) is 7.70. The number of hydrogen-bond acceptors (Lipinski definition) is 4. The smallest absolute Gasteiger partial charge is 0.261 e. The summed E-state index contributed by atoms with van der Waals surface area (Å²) in [7, 11) is -3.76. The van der Waals surface area contributed by atoms with Crippen molar-refractivity contribution in [2.75, 3.05) is 4.72 Å². The zero-order chi connectivity index (χ0) is 18.1. The molecule has 6 nitrogen and oxygen atoms in total. The monoisotopic (exact) mass is 420 g/mol. The van der Waals surface area contributed by atoms with Gasteiger partial charge in [-0.1, -0.05) is 29.8 Å². The maximum Gasteiger partial charge on any atom is 0.261 e. The number of hydrogen-bond donors (Lipinski definition) is 2. The van der Waals surface area contributed by atoms with Crippen LogP contribution in [-0.2, 0) is 10.0 Å². The van der Waals surface area contributed by atoms with Gasteiger partial charge in [0.1, 0.15) is 5.65 Å². The molecule has 3 heterocycles. The van der Waals surface area contributed by atoms with Crippen molar-refractivity contribution in [1.82, 2.24) is 15.0 Å². The van der Waals surface area contributed by atoms with E-state index >= 15 is 0 Å². The van der Waals surface area contributed by atoms with Gasteiger partial charge in [-0.3, -0.25) is 4.72 Å². The molecule has 9 heteroatoms. The number of anilines is 1. The second-order valence-electron chi connectivity index (χ2n) is 5.62. The Morgan fingerprint density at radius 2 is 1.67 bits per heavy atom. The lowest BCUT2D eigenvalue weighted by molar-refractivity contribution is 0.601. The van der Waals surface area contributed by atoms with Crippen molar-refractivity contribution in [3.63, 3.8) is 0 Å². The Morgan fingerprint density at radius 1 is 0.963 bits per heavy atom. The summed E-state index contributed by atoms with van der Waals surface area (Å²) in [4.78, 5) is 11.6. The number of benzene rings is 1. The molecule has 4 rings (SSSR count). The lowest BCUT2D eigenvalue weighted by Gasteiger charge is -2.11. The second kappa shape index (κ2) is 7.56. The maximum absolute atomic E-state index is 12.5. The Hall–Kier alpha value is -2.61. The van der Waals surface area contributed by atoms with Gasteiger partial charge in [0.05, 0.1) is 10.6 Å². The molecule has 2 N–H and O–H groups in total. The zero-order valence-corrected chi connectivity index (χ0v) is 16.1. The van der Waals surface area contributed by atoms with E-state index in [1.54, 1.807) is 42.9 Å². The number of nitrogens with one attached hydrogen (secondary N) is 2. The second-order valence-corrected chi connectivity index (χ2v) is 7.66. The summed E-state index contributed by atoms with van der Waals surface area (Å²) in [6, 6.07) is 13.6. The van der Waals surface area contributed by atoms with E-state index in [0.29, 0.717) is 5.56 Å². The summed E-state index contributed by atoms with van der Waals surface area (Å²) in [6.45, 7) is 0. The molecule has 0 aliphatic carbocycles. The Morgan fingerprint density at radius 3 is 2.44 bits per heavy atom. The van der Waals surface area contributed by atoms with Gasteiger partial charge in [-0.2, -0.15) is 0 Å². The van der Waals surface area contributed by atoms with Crippen LogP contribution in [-0.4, -0.2) is 23.4 Å². The summed E-state index contributed by atoms with van der Waals surface area (Å²) in [5.74, 6) is 0. The molecule has 0 amide bonds. The Kier molecular flexibility index (Phi) is 5.36.